The van der Waals surface area contributed by atoms with Crippen LogP contribution < -0.4 is 10.6 Å². The van der Waals surface area contributed by atoms with Crippen molar-refractivity contribution in [3.63, 3.8) is 0 Å². The molecule has 0 aromatic heterocycles. The minimum Gasteiger partial charge on any atom is -0.442 e. The van der Waals surface area contributed by atoms with Crippen molar-refractivity contribution in [2.75, 3.05) is 36.3 Å². The molecule has 14 heteroatoms. The van der Waals surface area contributed by atoms with Gasteiger partial charge in [0.2, 0.25) is 12.7 Å². The number of rotatable bonds is 9. The number of benzene rings is 1. The van der Waals surface area contributed by atoms with Crippen molar-refractivity contribution in [1.29, 1.82) is 0 Å². The molecule has 0 aliphatic carbocycles. The fourth-order valence-electron chi connectivity index (χ4n) is 4.38. The van der Waals surface area contributed by atoms with Crippen LogP contribution in [-0.4, -0.2) is 80.9 Å². The van der Waals surface area contributed by atoms with E-state index in [0.29, 0.717) is 29.7 Å². The van der Waals surface area contributed by atoms with Gasteiger partial charge in [-0.1, -0.05) is 26.3 Å². The molecular weight excluding hydrogens is 537 g/mol. The van der Waals surface area contributed by atoms with E-state index in [4.69, 9.17) is 19.9 Å². The van der Waals surface area contributed by atoms with Gasteiger partial charge < -0.3 is 19.9 Å². The molecule has 0 saturated carbocycles. The van der Waals surface area contributed by atoms with E-state index in [0.717, 1.165) is 6.92 Å². The van der Waals surface area contributed by atoms with Crippen LogP contribution in [-0.2, 0) is 33.6 Å². The van der Waals surface area contributed by atoms with Gasteiger partial charge in [-0.25, -0.2) is 27.3 Å². The van der Waals surface area contributed by atoms with Crippen molar-refractivity contribution in [3.8, 4) is 0 Å². The third-order valence-electron chi connectivity index (χ3n) is 7.06. The fourth-order valence-corrected chi connectivity index (χ4v) is 5.87. The number of halogens is 1. The predicted molar refractivity (Wildman–Crippen MR) is 137 cm³/mol. The van der Waals surface area contributed by atoms with E-state index in [1.807, 2.05) is 6.92 Å². The van der Waals surface area contributed by atoms with E-state index in [1.54, 1.807) is 13.0 Å². The van der Waals surface area contributed by atoms with Gasteiger partial charge in [-0.15, -0.1) is 0 Å². The number of cyclic esters (lactones) is 1. The molecule has 3 atom stereocenters. The number of hydrogen-bond donors (Lipinski definition) is 1. The number of carbonyl (C=O) groups excluding carboxylic acids is 4. The molecule has 39 heavy (non-hydrogen) atoms. The number of hydrogen-bond acceptors (Lipinski definition) is 10. The summed E-state index contributed by atoms with van der Waals surface area (Å²) < 4.78 is 53.3. The Balaban J connectivity index is 1.57. The van der Waals surface area contributed by atoms with Gasteiger partial charge in [-0.3, -0.25) is 14.5 Å². The highest BCUT2D eigenvalue weighted by molar-refractivity contribution is 7.91. The summed E-state index contributed by atoms with van der Waals surface area (Å²) in [5, 5.41) is 0. The van der Waals surface area contributed by atoms with Crippen LogP contribution in [0.15, 0.2) is 18.2 Å². The molecule has 2 fully saturated rings. The summed E-state index contributed by atoms with van der Waals surface area (Å²) in [6.07, 6.45) is -1.52. The van der Waals surface area contributed by atoms with Crippen LogP contribution in [0.3, 0.4) is 0 Å². The summed E-state index contributed by atoms with van der Waals surface area (Å²) in [5.74, 6) is -2.38. The molecule has 2 heterocycles. The zero-order chi connectivity index (χ0) is 28.9. The molecule has 2 aliphatic heterocycles. The Bertz CT molecular complexity index is 1200. The van der Waals surface area contributed by atoms with E-state index in [2.05, 4.69) is 0 Å². The molecule has 1 unspecified atom stereocenters. The molecule has 0 spiro atoms. The van der Waals surface area contributed by atoms with E-state index in [9.17, 15) is 32.0 Å². The highest BCUT2D eigenvalue weighted by Gasteiger charge is 2.37. The lowest BCUT2D eigenvalue weighted by molar-refractivity contribution is -0.155. The first kappa shape index (κ1) is 30.3. The fraction of sp³-hybridized carbons (Fsp3) is 0.600. The van der Waals surface area contributed by atoms with Gasteiger partial charge in [0.15, 0.2) is 0 Å². The van der Waals surface area contributed by atoms with Gasteiger partial charge in [0.25, 0.3) is 0 Å². The lowest BCUT2D eigenvalue weighted by atomic mass is 9.93. The minimum absolute atomic E-state index is 0.00209. The average molecular weight is 572 g/mol. The summed E-state index contributed by atoms with van der Waals surface area (Å²) in [7, 11) is -3.09. The monoisotopic (exact) mass is 571 g/mol. The van der Waals surface area contributed by atoms with Gasteiger partial charge in [-0.05, 0) is 42.4 Å². The maximum atomic E-state index is 14.9. The van der Waals surface area contributed by atoms with Crippen LogP contribution in [0.25, 0.3) is 0 Å². The second-order valence-electron chi connectivity index (χ2n) is 9.78. The number of amides is 3. The first-order chi connectivity index (χ1) is 18.3. The highest BCUT2D eigenvalue weighted by Crippen LogP contribution is 2.33. The van der Waals surface area contributed by atoms with Crippen molar-refractivity contribution in [2.24, 2.45) is 11.7 Å². The molecule has 2 saturated heterocycles. The van der Waals surface area contributed by atoms with Gasteiger partial charge in [0.05, 0.1) is 30.3 Å². The molecule has 1 aromatic carbocycles. The summed E-state index contributed by atoms with van der Waals surface area (Å²) in [4.78, 5) is 50.8. The first-order valence-corrected chi connectivity index (χ1v) is 14.5. The zero-order valence-corrected chi connectivity index (χ0v) is 22.9. The summed E-state index contributed by atoms with van der Waals surface area (Å²) in [6, 6.07) is 3.36. The Labute approximate surface area is 226 Å². The number of carbonyl (C=O) groups is 4. The summed E-state index contributed by atoms with van der Waals surface area (Å²) >= 11 is 0. The molecule has 3 rings (SSSR count). The molecular formula is C25H34FN3O9S. The normalized spacial score (nSPS) is 20.6. The van der Waals surface area contributed by atoms with Crippen LogP contribution in [0.2, 0.25) is 0 Å². The Morgan fingerprint density at radius 1 is 1.23 bits per heavy atom. The van der Waals surface area contributed by atoms with E-state index < -0.39 is 58.7 Å². The zero-order valence-electron chi connectivity index (χ0n) is 22.1. The Morgan fingerprint density at radius 3 is 2.49 bits per heavy atom. The Kier molecular flexibility index (Phi) is 9.88. The number of ether oxygens (including phenoxy) is 3. The molecule has 1 aromatic rings. The minimum atomic E-state index is -3.09. The van der Waals surface area contributed by atoms with Gasteiger partial charge in [0.1, 0.15) is 27.8 Å². The Morgan fingerprint density at radius 2 is 1.90 bits per heavy atom. The Hall–Kier alpha value is -3.26. The van der Waals surface area contributed by atoms with E-state index in [-0.39, 0.29) is 42.1 Å². The van der Waals surface area contributed by atoms with Crippen molar-refractivity contribution < 1.29 is 46.2 Å². The van der Waals surface area contributed by atoms with Crippen LogP contribution in [0.1, 0.15) is 51.5 Å². The molecule has 0 radical (unpaired) electrons. The lowest BCUT2D eigenvalue weighted by Crippen LogP contribution is -2.43. The van der Waals surface area contributed by atoms with Gasteiger partial charge in [-0.2, -0.15) is 0 Å². The maximum absolute atomic E-state index is 14.9. The highest BCUT2D eigenvalue weighted by atomic mass is 32.2. The summed E-state index contributed by atoms with van der Waals surface area (Å²) in [6.45, 7) is 3.59. The molecule has 12 nitrogen and oxygen atoms in total. The van der Waals surface area contributed by atoms with Crippen molar-refractivity contribution in [3.05, 3.63) is 29.6 Å². The molecule has 216 valence electrons. The predicted octanol–water partition coefficient (Wildman–Crippen LogP) is 2.30. The molecule has 2 N–H and O–H groups in total. The third-order valence-corrected chi connectivity index (χ3v) is 8.78. The number of esters is 1. The van der Waals surface area contributed by atoms with Crippen molar-refractivity contribution >= 4 is 39.6 Å². The van der Waals surface area contributed by atoms with Crippen LogP contribution in [0, 0.1) is 11.7 Å². The second-order valence-corrected chi connectivity index (χ2v) is 12.1. The van der Waals surface area contributed by atoms with E-state index in [1.165, 1.54) is 17.0 Å². The third kappa shape index (κ3) is 7.66. The molecule has 2 aliphatic rings. The van der Waals surface area contributed by atoms with Crippen molar-refractivity contribution in [1.82, 2.24) is 4.90 Å². The topological polar surface area (TPSA) is 163 Å². The SMILES string of the molecule is CC[C@H](C)C(N)C(=O)OCOC(=O)N(C[C@H]1CN(c2ccc(C3CCS(=O)(=O)CC3)c(F)c2)C(=O)O1)C(C)=O. The van der Waals surface area contributed by atoms with Crippen LogP contribution in [0.4, 0.5) is 19.7 Å². The molecule has 0 bridgehead atoms. The standard InChI is InChI=1S/C25H34FN3O9S/c1-4-15(2)22(27)23(31)36-14-37-24(32)28(16(3)30)12-19-13-29(25(33)38-19)18-5-6-20(21(26)11-18)17-7-9-39(34,35)10-8-17/h5-6,11,15,17,19,22H,4,7-10,12-14,27H2,1-3H3/t15-,19-,22?/m0/s1. The number of sulfone groups is 1. The van der Waals surface area contributed by atoms with Crippen LogP contribution >= 0.6 is 0 Å². The number of anilines is 1. The average Bonchev–Trinajstić information content (AvgIpc) is 3.26. The lowest BCUT2D eigenvalue weighted by Gasteiger charge is -2.23. The number of nitrogens with zero attached hydrogens (tertiary/aromatic N) is 2. The quantitative estimate of drug-likeness (QED) is 0.344. The van der Waals surface area contributed by atoms with E-state index >= 15 is 0 Å². The van der Waals surface area contributed by atoms with Crippen molar-refractivity contribution in [2.45, 2.75) is 58.1 Å². The first-order valence-electron chi connectivity index (χ1n) is 12.7. The molecule has 3 amide bonds. The smallest absolute Gasteiger partial charge is 0.419 e. The van der Waals surface area contributed by atoms with Crippen LogP contribution in [0.5, 0.6) is 0 Å². The van der Waals surface area contributed by atoms with Gasteiger partial charge >= 0.3 is 18.2 Å². The maximum Gasteiger partial charge on any atom is 0.419 e. The van der Waals surface area contributed by atoms with Gasteiger partial charge in [0, 0.05) is 6.92 Å². The number of nitrogens with two attached hydrogens (primary N) is 1. The largest absolute Gasteiger partial charge is 0.442 e. The second kappa shape index (κ2) is 12.7. The summed E-state index contributed by atoms with van der Waals surface area (Å²) in [5.41, 5.74) is 6.37. The number of imide groups is 1.